The highest BCUT2D eigenvalue weighted by Crippen LogP contribution is 2.27. The topological polar surface area (TPSA) is 86.8 Å². The molecule has 0 radical (unpaired) electrons. The van der Waals surface area contributed by atoms with Gasteiger partial charge in [-0.1, -0.05) is 90.5 Å². The van der Waals surface area contributed by atoms with E-state index in [2.05, 4.69) is 5.32 Å². The smallest absolute Gasteiger partial charge is 0.264 e. The summed E-state index contributed by atoms with van der Waals surface area (Å²) in [5.41, 5.74) is 2.31. The molecule has 9 heteroatoms. The first-order valence-corrected chi connectivity index (χ1v) is 15.1. The highest BCUT2D eigenvalue weighted by atomic mass is 32.2. The van der Waals surface area contributed by atoms with Gasteiger partial charge in [-0.05, 0) is 49.2 Å². The number of hydrogen-bond donors (Lipinski definition) is 1. The zero-order valence-corrected chi connectivity index (χ0v) is 24.4. The maximum atomic E-state index is 15.1. The summed E-state index contributed by atoms with van der Waals surface area (Å²) >= 11 is 0. The zero-order chi connectivity index (χ0) is 30.1. The average molecular weight is 588 g/mol. The van der Waals surface area contributed by atoms with Crippen molar-refractivity contribution in [3.63, 3.8) is 0 Å². The third kappa shape index (κ3) is 7.41. The fourth-order valence-electron chi connectivity index (χ4n) is 4.74. The molecule has 0 heterocycles. The number of aryl methyl sites for hydroxylation is 1. The minimum Gasteiger partial charge on any atom is -0.355 e. The zero-order valence-electron chi connectivity index (χ0n) is 23.6. The molecule has 4 rings (SSSR count). The number of amides is 2. The van der Waals surface area contributed by atoms with E-state index in [1.54, 1.807) is 25.1 Å². The molecular weight excluding hydrogens is 553 g/mol. The fraction of sp³-hybridized carbons (Fsp3) is 0.212. The van der Waals surface area contributed by atoms with Crippen LogP contribution in [0.4, 0.5) is 10.1 Å². The molecule has 218 valence electrons. The van der Waals surface area contributed by atoms with Crippen molar-refractivity contribution in [2.45, 2.75) is 37.8 Å². The molecule has 0 bridgehead atoms. The summed E-state index contributed by atoms with van der Waals surface area (Å²) in [7, 11) is -4.35. The monoisotopic (exact) mass is 587 g/mol. The Morgan fingerprint density at radius 3 is 2.10 bits per heavy atom. The van der Waals surface area contributed by atoms with E-state index in [-0.39, 0.29) is 29.5 Å². The van der Waals surface area contributed by atoms with E-state index in [0.29, 0.717) is 6.54 Å². The Morgan fingerprint density at radius 1 is 0.833 bits per heavy atom. The molecule has 0 spiro atoms. The van der Waals surface area contributed by atoms with Crippen LogP contribution in [0, 0.1) is 12.7 Å². The molecule has 2 amide bonds. The summed E-state index contributed by atoms with van der Waals surface area (Å²) in [6, 6.07) is 28.9. The van der Waals surface area contributed by atoms with Gasteiger partial charge >= 0.3 is 0 Å². The van der Waals surface area contributed by atoms with Crippen LogP contribution in [0.2, 0.25) is 0 Å². The molecule has 1 N–H and O–H groups in total. The highest BCUT2D eigenvalue weighted by molar-refractivity contribution is 7.92. The first kappa shape index (κ1) is 30.5. The van der Waals surface area contributed by atoms with Gasteiger partial charge in [-0.25, -0.2) is 12.8 Å². The van der Waals surface area contributed by atoms with Crippen LogP contribution >= 0.6 is 0 Å². The van der Waals surface area contributed by atoms with E-state index in [9.17, 15) is 18.0 Å². The Kier molecular flexibility index (Phi) is 10.1. The number of sulfonamides is 1. The van der Waals surface area contributed by atoms with E-state index in [4.69, 9.17) is 0 Å². The minimum atomic E-state index is -4.35. The summed E-state index contributed by atoms with van der Waals surface area (Å²) in [5.74, 6) is -1.81. The fourth-order valence-corrected chi connectivity index (χ4v) is 6.18. The molecule has 0 unspecified atom stereocenters. The van der Waals surface area contributed by atoms with E-state index < -0.39 is 34.3 Å². The van der Waals surface area contributed by atoms with Gasteiger partial charge in [0.15, 0.2) is 0 Å². The summed E-state index contributed by atoms with van der Waals surface area (Å²) in [5, 5.41) is 2.82. The Bertz CT molecular complexity index is 1610. The minimum absolute atomic E-state index is 0.0473. The van der Waals surface area contributed by atoms with Crippen LogP contribution in [0.3, 0.4) is 0 Å². The number of anilines is 1. The van der Waals surface area contributed by atoms with E-state index in [1.165, 1.54) is 35.2 Å². The van der Waals surface area contributed by atoms with Crippen molar-refractivity contribution in [1.29, 1.82) is 0 Å². The number of likely N-dealkylation sites (N-methyl/N-ethyl adjacent to an activating group) is 1. The molecule has 4 aromatic rings. The lowest BCUT2D eigenvalue weighted by Gasteiger charge is -2.34. The molecule has 0 saturated carbocycles. The van der Waals surface area contributed by atoms with Gasteiger partial charge in [-0.3, -0.25) is 13.9 Å². The summed E-state index contributed by atoms with van der Waals surface area (Å²) < 4.78 is 43.6. The lowest BCUT2D eigenvalue weighted by atomic mass is 10.0. The molecule has 4 aromatic carbocycles. The van der Waals surface area contributed by atoms with Gasteiger partial charge in [0.1, 0.15) is 18.4 Å². The number of halogens is 1. The number of benzene rings is 4. The molecule has 0 saturated heterocycles. The van der Waals surface area contributed by atoms with Crippen LogP contribution in [-0.4, -0.2) is 44.3 Å². The van der Waals surface area contributed by atoms with Crippen LogP contribution in [0.1, 0.15) is 23.6 Å². The van der Waals surface area contributed by atoms with Crippen molar-refractivity contribution < 1.29 is 22.4 Å². The number of para-hydroxylation sites is 1. The Morgan fingerprint density at radius 2 is 1.45 bits per heavy atom. The number of hydrogen-bond acceptors (Lipinski definition) is 4. The van der Waals surface area contributed by atoms with Gasteiger partial charge in [0.05, 0.1) is 10.6 Å². The van der Waals surface area contributed by atoms with Gasteiger partial charge < -0.3 is 10.2 Å². The molecule has 0 aliphatic rings. The summed E-state index contributed by atoms with van der Waals surface area (Å²) in [6.07, 6.45) is 0.204. The normalized spacial score (nSPS) is 11.9. The van der Waals surface area contributed by atoms with Crippen LogP contribution in [0.5, 0.6) is 0 Å². The van der Waals surface area contributed by atoms with Crippen LogP contribution < -0.4 is 9.62 Å². The van der Waals surface area contributed by atoms with Gasteiger partial charge in [0.2, 0.25) is 11.8 Å². The van der Waals surface area contributed by atoms with Crippen molar-refractivity contribution in [3.05, 3.63) is 132 Å². The van der Waals surface area contributed by atoms with Gasteiger partial charge in [-0.15, -0.1) is 0 Å². The second-order valence-corrected chi connectivity index (χ2v) is 11.7. The van der Waals surface area contributed by atoms with Crippen LogP contribution in [0.15, 0.2) is 114 Å². The Balaban J connectivity index is 1.80. The van der Waals surface area contributed by atoms with E-state index in [0.717, 1.165) is 27.1 Å². The van der Waals surface area contributed by atoms with E-state index in [1.807, 2.05) is 61.5 Å². The van der Waals surface area contributed by atoms with Crippen molar-refractivity contribution >= 4 is 27.5 Å². The van der Waals surface area contributed by atoms with E-state index >= 15 is 4.39 Å². The standard InChI is InChI=1S/C33H34FN3O4S/c1-3-35-33(39)31(22-26-14-6-4-7-15-26)36(23-27-16-12-13-25(2)21-27)32(38)24-37(30-20-11-10-19-29(30)34)42(40,41)28-17-8-5-9-18-28/h4-21,31H,3,22-24H2,1-2H3,(H,35,39)/t31-/m1/s1. The maximum absolute atomic E-state index is 15.1. The number of nitrogens with zero attached hydrogens (tertiary/aromatic N) is 2. The van der Waals surface area contributed by atoms with Crippen molar-refractivity contribution in [1.82, 2.24) is 10.2 Å². The predicted molar refractivity (Wildman–Crippen MR) is 162 cm³/mol. The predicted octanol–water partition coefficient (Wildman–Crippen LogP) is 5.11. The molecular formula is C33H34FN3O4S. The van der Waals surface area contributed by atoms with Gasteiger partial charge in [0, 0.05) is 19.5 Å². The first-order valence-electron chi connectivity index (χ1n) is 13.7. The lowest BCUT2D eigenvalue weighted by Crippen LogP contribution is -2.53. The second kappa shape index (κ2) is 13.9. The Labute approximate surface area is 246 Å². The number of carbonyl (C=O) groups is 2. The third-order valence-electron chi connectivity index (χ3n) is 6.79. The maximum Gasteiger partial charge on any atom is 0.264 e. The van der Waals surface area contributed by atoms with Crippen molar-refractivity contribution in [2.75, 3.05) is 17.4 Å². The van der Waals surface area contributed by atoms with Crippen molar-refractivity contribution in [3.8, 4) is 0 Å². The molecule has 42 heavy (non-hydrogen) atoms. The largest absolute Gasteiger partial charge is 0.355 e. The molecule has 7 nitrogen and oxygen atoms in total. The average Bonchev–Trinajstić information content (AvgIpc) is 2.99. The third-order valence-corrected chi connectivity index (χ3v) is 8.56. The summed E-state index contributed by atoms with van der Waals surface area (Å²) in [4.78, 5) is 29.0. The number of rotatable bonds is 12. The number of nitrogens with one attached hydrogen (secondary N) is 1. The van der Waals surface area contributed by atoms with Gasteiger partial charge in [0.25, 0.3) is 10.0 Å². The van der Waals surface area contributed by atoms with Crippen LogP contribution in [0.25, 0.3) is 0 Å². The molecule has 0 aromatic heterocycles. The number of carbonyl (C=O) groups excluding carboxylic acids is 2. The van der Waals surface area contributed by atoms with Crippen LogP contribution in [-0.2, 0) is 32.6 Å². The molecule has 0 aliphatic heterocycles. The molecule has 1 atom stereocenters. The quantitative estimate of drug-likeness (QED) is 0.250. The molecule has 0 fully saturated rings. The lowest BCUT2D eigenvalue weighted by molar-refractivity contribution is -0.140. The first-order chi connectivity index (χ1) is 20.2. The molecule has 0 aliphatic carbocycles. The van der Waals surface area contributed by atoms with Gasteiger partial charge in [-0.2, -0.15) is 0 Å². The highest BCUT2D eigenvalue weighted by Gasteiger charge is 2.35. The SMILES string of the molecule is CCNC(=O)[C@@H](Cc1ccccc1)N(Cc1cccc(C)c1)C(=O)CN(c1ccccc1F)S(=O)(=O)c1ccccc1. The summed E-state index contributed by atoms with van der Waals surface area (Å²) in [6.45, 7) is 3.39. The van der Waals surface area contributed by atoms with Crippen molar-refractivity contribution in [2.24, 2.45) is 0 Å². The second-order valence-electron chi connectivity index (χ2n) is 9.89. The Hall–Kier alpha value is -4.50.